The highest BCUT2D eigenvalue weighted by Gasteiger charge is 2.42. The van der Waals surface area contributed by atoms with Crippen LogP contribution in [-0.4, -0.2) is 87.0 Å². The van der Waals surface area contributed by atoms with Crippen LogP contribution in [-0.2, 0) is 39.9 Å². The third-order valence-electron chi connectivity index (χ3n) is 9.67. The van der Waals surface area contributed by atoms with Crippen molar-refractivity contribution >= 4 is 102 Å². The number of hydrogen-bond donors (Lipinski definition) is 2. The largest absolute Gasteiger partial charge is 0.504 e. The van der Waals surface area contributed by atoms with Crippen LogP contribution in [0.15, 0.2) is 59.9 Å². The zero-order valence-electron chi connectivity index (χ0n) is 34.4. The van der Waals surface area contributed by atoms with Crippen molar-refractivity contribution in [1.29, 1.82) is 0 Å². The maximum atomic E-state index is 13.4. The normalized spacial score (nSPS) is 17.8. The molecule has 25 heteroatoms. The number of anilines is 1. The first-order valence-corrected chi connectivity index (χ1v) is 25.2. The molecule has 2 aliphatic heterocycles. The SMILES string of the molecule is CC(C)(C)c1nc2ccc(Cl)c(S(=O)(=O)Cl)c2o1.CC(C)(C)c1nc2ccc(Cl)c(S(=O)(=O)N3CCC(F)(F)CC3)c2o1.Nc1ccc(Cl)c(S(=O)(=O)N2CCC(F)(F)CC2)c1O. The molecular weight excluding hydrogens is 984 g/mol. The molecule has 3 N–H and O–H groups in total. The number of sulfonamides is 2. The van der Waals surface area contributed by atoms with Gasteiger partial charge in [-0.3, -0.25) is 0 Å². The Bertz CT molecular complexity index is 2870. The van der Waals surface area contributed by atoms with Gasteiger partial charge < -0.3 is 19.7 Å². The van der Waals surface area contributed by atoms with E-state index in [2.05, 4.69) is 9.97 Å². The van der Waals surface area contributed by atoms with Crippen LogP contribution in [0.25, 0.3) is 22.2 Å². The average molecular weight is 1030 g/mol. The minimum absolute atomic E-state index is 0.0126. The van der Waals surface area contributed by atoms with Gasteiger partial charge in [0.1, 0.15) is 25.7 Å². The quantitative estimate of drug-likeness (QED) is 0.0730. The smallest absolute Gasteiger partial charge is 0.266 e. The lowest BCUT2D eigenvalue weighted by Crippen LogP contribution is -2.42. The van der Waals surface area contributed by atoms with Crippen molar-refractivity contribution in [2.24, 2.45) is 0 Å². The molecule has 2 saturated heterocycles. The highest BCUT2D eigenvalue weighted by atomic mass is 35.7. The number of alkyl halides is 4. The van der Waals surface area contributed by atoms with E-state index in [1.54, 1.807) is 12.1 Å². The summed E-state index contributed by atoms with van der Waals surface area (Å²) >= 11 is 17.8. The second-order valence-corrected chi connectivity index (χ2v) is 24.2. The fourth-order valence-electron chi connectivity index (χ4n) is 6.17. The number of piperidine rings is 2. The van der Waals surface area contributed by atoms with Gasteiger partial charge in [0.25, 0.3) is 20.9 Å². The van der Waals surface area contributed by atoms with Crippen molar-refractivity contribution in [1.82, 2.24) is 18.6 Å². The highest BCUT2D eigenvalue weighted by Crippen LogP contribution is 2.41. The van der Waals surface area contributed by atoms with E-state index in [-0.39, 0.29) is 73.3 Å². The summed E-state index contributed by atoms with van der Waals surface area (Å²) in [6.45, 7) is 10.2. The zero-order chi connectivity index (χ0) is 47.5. The van der Waals surface area contributed by atoms with E-state index in [1.807, 2.05) is 41.5 Å². The van der Waals surface area contributed by atoms with Crippen molar-refractivity contribution < 1.29 is 56.8 Å². The Morgan fingerprint density at radius 3 is 1.33 bits per heavy atom. The fourth-order valence-corrected chi connectivity index (χ4v) is 12.0. The minimum Gasteiger partial charge on any atom is -0.504 e. The Kier molecular flexibility index (Phi) is 14.5. The van der Waals surface area contributed by atoms with Crippen molar-refractivity contribution in [3.05, 3.63) is 63.2 Å². The topological polar surface area (TPSA) is 207 Å². The summed E-state index contributed by atoms with van der Waals surface area (Å²) in [5.74, 6) is -5.55. The molecule has 0 aliphatic carbocycles. The molecule has 0 atom stereocenters. The molecule has 5 aromatic rings. The van der Waals surface area contributed by atoms with Gasteiger partial charge in [-0.15, -0.1) is 0 Å². The number of nitrogens with zero attached hydrogens (tertiary/aromatic N) is 4. The van der Waals surface area contributed by atoms with Crippen LogP contribution >= 0.6 is 45.5 Å². The van der Waals surface area contributed by atoms with Crippen LogP contribution in [0, 0.1) is 0 Å². The minimum atomic E-state index is -4.16. The van der Waals surface area contributed by atoms with Crippen LogP contribution in [0.1, 0.15) is 79.0 Å². The van der Waals surface area contributed by atoms with Gasteiger partial charge in [-0.2, -0.15) is 8.61 Å². The Morgan fingerprint density at radius 2 is 0.952 bits per heavy atom. The van der Waals surface area contributed by atoms with E-state index >= 15 is 0 Å². The van der Waals surface area contributed by atoms with Gasteiger partial charge in [0.15, 0.2) is 16.9 Å². The first-order valence-electron chi connectivity index (χ1n) is 18.8. The second kappa shape index (κ2) is 17.9. The summed E-state index contributed by atoms with van der Waals surface area (Å²) in [7, 11) is -6.84. The van der Waals surface area contributed by atoms with Crippen LogP contribution in [0.4, 0.5) is 23.2 Å². The summed E-state index contributed by atoms with van der Waals surface area (Å²) in [5, 5.41) is 9.59. The number of rotatable bonds is 5. The van der Waals surface area contributed by atoms with Crippen LogP contribution in [0.2, 0.25) is 15.1 Å². The number of aromatic nitrogens is 2. The number of aromatic hydroxyl groups is 1. The lowest BCUT2D eigenvalue weighted by molar-refractivity contribution is -0.0419. The number of hydrogen-bond acceptors (Lipinski definition) is 12. The third-order valence-corrected chi connectivity index (χ3v) is 16.3. The maximum Gasteiger partial charge on any atom is 0.266 e. The summed E-state index contributed by atoms with van der Waals surface area (Å²) in [4.78, 5) is 7.61. The summed E-state index contributed by atoms with van der Waals surface area (Å²) in [5.41, 5.74) is 5.51. The molecule has 63 heavy (non-hydrogen) atoms. The molecular formula is C38H43Cl4F4N5O9S3. The van der Waals surface area contributed by atoms with E-state index in [0.717, 1.165) is 8.61 Å². The van der Waals surface area contributed by atoms with Gasteiger partial charge in [0.2, 0.25) is 31.8 Å². The molecule has 0 saturated carbocycles. The molecule has 0 spiro atoms. The van der Waals surface area contributed by atoms with Crippen molar-refractivity contribution in [2.45, 2.75) is 105 Å². The van der Waals surface area contributed by atoms with E-state index in [9.17, 15) is 47.9 Å². The van der Waals surface area contributed by atoms with Crippen molar-refractivity contribution in [3.63, 3.8) is 0 Å². The number of phenols is 1. The zero-order valence-corrected chi connectivity index (χ0v) is 39.9. The molecule has 348 valence electrons. The maximum absolute atomic E-state index is 13.4. The third kappa shape index (κ3) is 11.3. The molecule has 0 amide bonds. The van der Waals surface area contributed by atoms with Crippen LogP contribution in [0.5, 0.6) is 5.75 Å². The molecule has 2 aromatic heterocycles. The first-order chi connectivity index (χ1) is 28.7. The summed E-state index contributed by atoms with van der Waals surface area (Å²) in [6.07, 6.45) is -2.15. The summed E-state index contributed by atoms with van der Waals surface area (Å²) in [6, 6.07) is 8.56. The van der Waals surface area contributed by atoms with E-state index in [4.69, 9.17) is 60.1 Å². The van der Waals surface area contributed by atoms with Gasteiger partial charge in [0, 0.05) is 73.4 Å². The number of benzene rings is 3. The number of fused-ring (bicyclic) bond motifs is 2. The van der Waals surface area contributed by atoms with E-state index in [0.29, 0.717) is 22.8 Å². The van der Waals surface area contributed by atoms with Gasteiger partial charge in [-0.1, -0.05) is 76.3 Å². The van der Waals surface area contributed by atoms with E-state index < -0.39 is 82.7 Å². The molecule has 14 nitrogen and oxygen atoms in total. The standard InChI is InChI=1S/C16H19ClF2N2O3S.C11H11Cl2NO3S.C11H13ClF2N2O3S/c1-15(2,3)14-20-11-5-4-10(17)13(12(11)24-14)25(22,23)21-8-6-16(18,19)7-9-21;1-11(2,3)10-14-7-5-4-6(12)9(8(7)17-10)18(13,15)16;12-7-1-2-8(15)9(17)10(7)20(18,19)16-5-3-11(13,14)4-6-16/h4-5H,6-9H2,1-3H3;4-5H,1-3H3;1-2,17H,3-6,15H2. The number of nitrogens with two attached hydrogens (primary N) is 1. The molecule has 0 unspecified atom stereocenters. The Hall–Kier alpha value is -3.15. The fraction of sp³-hybridized carbons (Fsp3) is 0.474. The van der Waals surface area contributed by atoms with Gasteiger partial charge in [-0.05, 0) is 36.4 Å². The monoisotopic (exact) mass is 1030 g/mol. The highest BCUT2D eigenvalue weighted by molar-refractivity contribution is 8.14. The Morgan fingerprint density at radius 1 is 0.619 bits per heavy atom. The first kappa shape index (κ1) is 50.8. The molecule has 2 fully saturated rings. The molecule has 4 heterocycles. The lowest BCUT2D eigenvalue weighted by Gasteiger charge is -2.31. The van der Waals surface area contributed by atoms with Crippen LogP contribution < -0.4 is 5.73 Å². The molecule has 2 aliphatic rings. The Balaban J connectivity index is 0.000000181. The molecule has 0 bridgehead atoms. The lowest BCUT2D eigenvalue weighted by atomic mass is 9.97. The Labute approximate surface area is 381 Å². The number of halogens is 8. The average Bonchev–Trinajstić information content (AvgIpc) is 3.78. The molecule has 7 rings (SSSR count). The number of nitrogen functional groups attached to an aromatic ring is 1. The second-order valence-electron chi connectivity index (χ2n) is 16.8. The predicted molar refractivity (Wildman–Crippen MR) is 232 cm³/mol. The van der Waals surface area contributed by atoms with Gasteiger partial charge >= 0.3 is 0 Å². The predicted octanol–water partition coefficient (Wildman–Crippen LogP) is 9.95. The van der Waals surface area contributed by atoms with Gasteiger partial charge in [-0.25, -0.2) is 52.8 Å². The van der Waals surface area contributed by atoms with Crippen molar-refractivity contribution in [3.8, 4) is 5.75 Å². The molecule has 0 radical (unpaired) electrons. The van der Waals surface area contributed by atoms with Gasteiger partial charge in [0.05, 0.1) is 20.8 Å². The number of phenolic OH excluding ortho intramolecular Hbond substituents is 1. The van der Waals surface area contributed by atoms with Crippen LogP contribution in [0.3, 0.4) is 0 Å². The van der Waals surface area contributed by atoms with E-state index in [1.165, 1.54) is 24.3 Å². The summed E-state index contributed by atoms with van der Waals surface area (Å²) < 4.78 is 140. The van der Waals surface area contributed by atoms with Crippen molar-refractivity contribution in [2.75, 3.05) is 31.9 Å². The number of oxazole rings is 2. The molecule has 3 aromatic carbocycles.